The van der Waals surface area contributed by atoms with Crippen molar-refractivity contribution in [3.63, 3.8) is 0 Å². The smallest absolute Gasteiger partial charge is 0.404 e. The minimum absolute atomic E-state index is 0.0283. The molecule has 0 amide bonds. The van der Waals surface area contributed by atoms with E-state index in [0.717, 1.165) is 11.1 Å². The van der Waals surface area contributed by atoms with Gasteiger partial charge in [-0.3, -0.25) is 9.42 Å². The Morgan fingerprint density at radius 2 is 1.68 bits per heavy atom. The van der Waals surface area contributed by atoms with Crippen LogP contribution in [0.4, 0.5) is 0 Å². The number of phosphoric ester groups is 1. The zero-order chi connectivity index (χ0) is 13.7. The van der Waals surface area contributed by atoms with E-state index in [4.69, 9.17) is 9.05 Å². The van der Waals surface area contributed by atoms with E-state index in [-0.39, 0.29) is 6.61 Å². The number of rotatable bonds is 5. The van der Waals surface area contributed by atoms with Gasteiger partial charge in [0.05, 0.1) is 6.61 Å². The van der Waals surface area contributed by atoms with Crippen LogP contribution in [0.2, 0.25) is 0 Å². The molecular weight excluding hydrogens is 263 g/mol. The molecule has 0 aliphatic heterocycles. The van der Waals surface area contributed by atoms with Crippen molar-refractivity contribution in [3.05, 3.63) is 65.7 Å². The summed E-state index contributed by atoms with van der Waals surface area (Å²) in [6.07, 6.45) is 0. The number of benzene rings is 2. The molecule has 4 nitrogen and oxygen atoms in total. The highest BCUT2D eigenvalue weighted by Crippen LogP contribution is 2.44. The summed E-state index contributed by atoms with van der Waals surface area (Å²) in [6.45, 7) is 1.95. The van der Waals surface area contributed by atoms with Gasteiger partial charge in [0.1, 0.15) is 5.75 Å². The van der Waals surface area contributed by atoms with Gasteiger partial charge in [-0.05, 0) is 24.6 Å². The van der Waals surface area contributed by atoms with Crippen molar-refractivity contribution < 1.29 is 18.5 Å². The lowest BCUT2D eigenvalue weighted by molar-refractivity contribution is 0.195. The second-order valence-electron chi connectivity index (χ2n) is 4.13. The molecule has 19 heavy (non-hydrogen) atoms. The molecule has 1 atom stereocenters. The standard InChI is InChI=1S/C14H15O4P/c1-12-7-9-14(10-8-12)18-19(15,16)17-11-13-5-3-2-4-6-13/h2-10H,11H2,1H3,(H,15,16). The first-order valence-electron chi connectivity index (χ1n) is 5.83. The molecule has 5 heteroatoms. The van der Waals surface area contributed by atoms with Gasteiger partial charge in [-0.1, -0.05) is 48.0 Å². The van der Waals surface area contributed by atoms with Crippen LogP contribution in [0.5, 0.6) is 5.75 Å². The molecular formula is C14H15O4P. The van der Waals surface area contributed by atoms with Gasteiger partial charge in [-0.15, -0.1) is 0 Å². The number of hydrogen-bond donors (Lipinski definition) is 1. The lowest BCUT2D eigenvalue weighted by Gasteiger charge is -2.13. The van der Waals surface area contributed by atoms with Gasteiger partial charge in [0.25, 0.3) is 0 Å². The monoisotopic (exact) mass is 278 g/mol. The van der Waals surface area contributed by atoms with Gasteiger partial charge in [-0.25, -0.2) is 4.57 Å². The fourth-order valence-electron chi connectivity index (χ4n) is 1.49. The topological polar surface area (TPSA) is 55.8 Å². The third-order valence-corrected chi connectivity index (χ3v) is 3.38. The molecule has 0 fully saturated rings. The Kier molecular flexibility index (Phi) is 4.38. The van der Waals surface area contributed by atoms with E-state index in [2.05, 4.69) is 0 Å². The lowest BCUT2D eigenvalue weighted by Crippen LogP contribution is -1.98. The Morgan fingerprint density at radius 1 is 1.05 bits per heavy atom. The predicted molar refractivity (Wildman–Crippen MR) is 72.9 cm³/mol. The maximum absolute atomic E-state index is 11.8. The number of hydrogen-bond acceptors (Lipinski definition) is 3. The van der Waals surface area contributed by atoms with Gasteiger partial charge in [0.2, 0.25) is 0 Å². The van der Waals surface area contributed by atoms with Crippen molar-refractivity contribution in [1.29, 1.82) is 0 Å². The molecule has 0 saturated carbocycles. The van der Waals surface area contributed by atoms with Gasteiger partial charge in [0.15, 0.2) is 0 Å². The fourth-order valence-corrected chi connectivity index (χ4v) is 2.24. The summed E-state index contributed by atoms with van der Waals surface area (Å²) in [4.78, 5) is 9.61. The van der Waals surface area contributed by atoms with Crippen LogP contribution in [0.15, 0.2) is 54.6 Å². The van der Waals surface area contributed by atoms with Crippen molar-refractivity contribution in [3.8, 4) is 5.75 Å². The Labute approximate surface area is 112 Å². The summed E-state index contributed by atoms with van der Waals surface area (Å²) in [5, 5.41) is 0. The van der Waals surface area contributed by atoms with Crippen LogP contribution >= 0.6 is 7.82 Å². The molecule has 100 valence electrons. The van der Waals surface area contributed by atoms with Gasteiger partial charge < -0.3 is 4.52 Å². The molecule has 2 aromatic carbocycles. The molecule has 0 aliphatic carbocycles. The highest BCUT2D eigenvalue weighted by atomic mass is 31.2. The van der Waals surface area contributed by atoms with Crippen LogP contribution in [-0.4, -0.2) is 4.89 Å². The first kappa shape index (κ1) is 13.8. The maximum Gasteiger partial charge on any atom is 0.527 e. The molecule has 1 N–H and O–H groups in total. The van der Waals surface area contributed by atoms with E-state index in [1.165, 1.54) is 0 Å². The van der Waals surface area contributed by atoms with Crippen LogP contribution in [-0.2, 0) is 15.7 Å². The summed E-state index contributed by atoms with van der Waals surface area (Å²) < 4.78 is 21.7. The van der Waals surface area contributed by atoms with Crippen molar-refractivity contribution >= 4 is 7.82 Å². The van der Waals surface area contributed by atoms with Gasteiger partial charge >= 0.3 is 7.82 Å². The summed E-state index contributed by atoms with van der Waals surface area (Å²) in [5.41, 5.74) is 1.86. The second kappa shape index (κ2) is 6.02. The third-order valence-electron chi connectivity index (χ3n) is 2.48. The molecule has 1 unspecified atom stereocenters. The average molecular weight is 278 g/mol. The Bertz CT molecular complexity index is 566. The van der Waals surface area contributed by atoms with Crippen LogP contribution < -0.4 is 4.52 Å². The molecule has 0 radical (unpaired) electrons. The van der Waals surface area contributed by atoms with E-state index >= 15 is 0 Å². The van der Waals surface area contributed by atoms with E-state index in [0.29, 0.717) is 5.75 Å². The Morgan fingerprint density at radius 3 is 2.32 bits per heavy atom. The van der Waals surface area contributed by atoms with Crippen LogP contribution in [0.25, 0.3) is 0 Å². The minimum atomic E-state index is -4.09. The maximum atomic E-state index is 11.8. The average Bonchev–Trinajstić information content (AvgIpc) is 2.40. The molecule has 0 aliphatic rings. The van der Waals surface area contributed by atoms with E-state index in [1.807, 2.05) is 37.3 Å². The van der Waals surface area contributed by atoms with Crippen molar-refractivity contribution in [1.82, 2.24) is 0 Å². The number of phosphoric acid groups is 1. The predicted octanol–water partition coefficient (Wildman–Crippen LogP) is 3.69. The zero-order valence-corrected chi connectivity index (χ0v) is 11.4. The normalized spacial score (nSPS) is 13.8. The highest BCUT2D eigenvalue weighted by molar-refractivity contribution is 7.47. The fraction of sp³-hybridized carbons (Fsp3) is 0.143. The molecule has 2 rings (SSSR count). The van der Waals surface area contributed by atoms with E-state index in [1.54, 1.807) is 24.3 Å². The minimum Gasteiger partial charge on any atom is -0.404 e. The van der Waals surface area contributed by atoms with E-state index in [9.17, 15) is 9.46 Å². The van der Waals surface area contributed by atoms with Gasteiger partial charge in [0, 0.05) is 0 Å². The Hall–Kier alpha value is -1.61. The summed E-state index contributed by atoms with van der Waals surface area (Å²) >= 11 is 0. The largest absolute Gasteiger partial charge is 0.527 e. The van der Waals surface area contributed by atoms with Gasteiger partial charge in [-0.2, -0.15) is 0 Å². The van der Waals surface area contributed by atoms with Crippen LogP contribution in [0, 0.1) is 6.92 Å². The van der Waals surface area contributed by atoms with Crippen molar-refractivity contribution in [2.24, 2.45) is 0 Å². The molecule has 0 heterocycles. The number of aryl methyl sites for hydroxylation is 1. The molecule has 0 saturated heterocycles. The third kappa shape index (κ3) is 4.52. The summed E-state index contributed by atoms with van der Waals surface area (Å²) in [6, 6.07) is 16.0. The summed E-state index contributed by atoms with van der Waals surface area (Å²) in [7, 11) is -4.09. The molecule has 2 aromatic rings. The zero-order valence-electron chi connectivity index (χ0n) is 10.5. The SMILES string of the molecule is Cc1ccc(OP(=O)(O)OCc2ccccc2)cc1. The van der Waals surface area contributed by atoms with Crippen LogP contribution in [0.1, 0.15) is 11.1 Å². The van der Waals surface area contributed by atoms with E-state index < -0.39 is 7.82 Å². The van der Waals surface area contributed by atoms with Crippen LogP contribution in [0.3, 0.4) is 0 Å². The summed E-state index contributed by atoms with van der Waals surface area (Å²) in [5.74, 6) is 0.310. The first-order valence-corrected chi connectivity index (χ1v) is 7.32. The Balaban J connectivity index is 1.95. The molecule has 0 spiro atoms. The molecule has 0 bridgehead atoms. The highest BCUT2D eigenvalue weighted by Gasteiger charge is 2.22. The molecule has 0 aromatic heterocycles. The van der Waals surface area contributed by atoms with Crippen molar-refractivity contribution in [2.45, 2.75) is 13.5 Å². The van der Waals surface area contributed by atoms with Crippen molar-refractivity contribution in [2.75, 3.05) is 0 Å². The second-order valence-corrected chi connectivity index (χ2v) is 5.51. The lowest BCUT2D eigenvalue weighted by atomic mass is 10.2. The quantitative estimate of drug-likeness (QED) is 0.847. The first-order chi connectivity index (χ1) is 9.05.